The molecular formula is C20H22N4O4S. The minimum absolute atomic E-state index is 0.0855. The predicted octanol–water partition coefficient (Wildman–Crippen LogP) is 1.12. The molecule has 0 unspecified atom stereocenters. The van der Waals surface area contributed by atoms with Crippen LogP contribution < -0.4 is 22.3 Å². The molecule has 152 valence electrons. The SMILES string of the molecule is Cc1ccc(CNC(=O)CCCn2c(=O)c3sccc3n(CC(N)=O)c2=O)cc1. The van der Waals surface area contributed by atoms with Crippen LogP contribution in [0.15, 0.2) is 45.3 Å². The normalized spacial score (nSPS) is 10.9. The molecule has 8 nitrogen and oxygen atoms in total. The lowest BCUT2D eigenvalue weighted by atomic mass is 10.1. The van der Waals surface area contributed by atoms with Crippen LogP contribution in [0.25, 0.3) is 10.2 Å². The largest absolute Gasteiger partial charge is 0.368 e. The molecule has 0 radical (unpaired) electrons. The summed E-state index contributed by atoms with van der Waals surface area (Å²) in [6, 6.07) is 9.48. The van der Waals surface area contributed by atoms with Crippen LogP contribution in [0.3, 0.4) is 0 Å². The zero-order valence-corrected chi connectivity index (χ0v) is 16.8. The summed E-state index contributed by atoms with van der Waals surface area (Å²) in [6.07, 6.45) is 0.498. The monoisotopic (exact) mass is 414 g/mol. The Morgan fingerprint density at radius 1 is 1.10 bits per heavy atom. The Kier molecular flexibility index (Phi) is 6.28. The van der Waals surface area contributed by atoms with E-state index in [1.54, 1.807) is 11.4 Å². The molecule has 1 aromatic carbocycles. The van der Waals surface area contributed by atoms with E-state index in [2.05, 4.69) is 5.32 Å². The Labute approximate surface area is 170 Å². The number of carbonyl (C=O) groups is 2. The Bertz CT molecular complexity index is 1160. The van der Waals surface area contributed by atoms with Crippen molar-refractivity contribution >= 4 is 33.4 Å². The first-order valence-corrected chi connectivity index (χ1v) is 10.1. The topological polar surface area (TPSA) is 116 Å². The molecule has 9 heteroatoms. The number of nitrogens with zero attached hydrogens (tertiary/aromatic N) is 2. The molecule has 0 aliphatic carbocycles. The van der Waals surface area contributed by atoms with Crippen molar-refractivity contribution < 1.29 is 9.59 Å². The van der Waals surface area contributed by atoms with Crippen molar-refractivity contribution in [2.75, 3.05) is 0 Å². The molecule has 0 aliphatic heterocycles. The summed E-state index contributed by atoms with van der Waals surface area (Å²) in [5.74, 6) is -0.825. The number of hydrogen-bond acceptors (Lipinski definition) is 5. The van der Waals surface area contributed by atoms with Crippen molar-refractivity contribution in [2.24, 2.45) is 5.73 Å². The lowest BCUT2D eigenvalue weighted by molar-refractivity contribution is -0.121. The van der Waals surface area contributed by atoms with Gasteiger partial charge >= 0.3 is 5.69 Å². The number of rotatable bonds is 8. The molecule has 29 heavy (non-hydrogen) atoms. The fourth-order valence-corrected chi connectivity index (χ4v) is 3.87. The molecule has 3 rings (SSSR count). The van der Waals surface area contributed by atoms with Gasteiger partial charge in [0, 0.05) is 19.5 Å². The minimum Gasteiger partial charge on any atom is -0.368 e. The maximum Gasteiger partial charge on any atom is 0.332 e. The number of primary amides is 1. The zero-order chi connectivity index (χ0) is 21.0. The number of aromatic nitrogens is 2. The number of nitrogens with one attached hydrogen (secondary N) is 1. The Hall–Kier alpha value is -3.20. The Morgan fingerprint density at radius 2 is 1.83 bits per heavy atom. The van der Waals surface area contributed by atoms with Gasteiger partial charge in [-0.3, -0.25) is 23.5 Å². The van der Waals surface area contributed by atoms with Gasteiger partial charge in [0.25, 0.3) is 5.56 Å². The third kappa shape index (κ3) is 4.80. The van der Waals surface area contributed by atoms with Gasteiger partial charge in [-0.2, -0.15) is 0 Å². The first-order chi connectivity index (χ1) is 13.9. The number of fused-ring (bicyclic) bond motifs is 1. The van der Waals surface area contributed by atoms with Gasteiger partial charge in [-0.1, -0.05) is 29.8 Å². The van der Waals surface area contributed by atoms with Crippen LogP contribution in [0, 0.1) is 6.92 Å². The van der Waals surface area contributed by atoms with E-state index >= 15 is 0 Å². The molecule has 3 N–H and O–H groups in total. The first kappa shape index (κ1) is 20.5. The third-order valence-corrected chi connectivity index (χ3v) is 5.44. The Morgan fingerprint density at radius 3 is 2.52 bits per heavy atom. The summed E-state index contributed by atoms with van der Waals surface area (Å²) in [5.41, 5.74) is 6.77. The number of aryl methyl sites for hydroxylation is 1. The maximum atomic E-state index is 12.7. The van der Waals surface area contributed by atoms with Gasteiger partial charge in [0.2, 0.25) is 11.8 Å². The van der Waals surface area contributed by atoms with Crippen LogP contribution in [-0.2, 0) is 29.2 Å². The second kappa shape index (κ2) is 8.87. The van der Waals surface area contributed by atoms with Gasteiger partial charge in [-0.15, -0.1) is 11.3 Å². The smallest absolute Gasteiger partial charge is 0.332 e. The summed E-state index contributed by atoms with van der Waals surface area (Å²) in [5, 5.41) is 4.51. The highest BCUT2D eigenvalue weighted by molar-refractivity contribution is 7.17. The van der Waals surface area contributed by atoms with E-state index in [1.807, 2.05) is 31.2 Å². The summed E-state index contributed by atoms with van der Waals surface area (Å²) >= 11 is 1.20. The Balaban J connectivity index is 1.66. The number of hydrogen-bond donors (Lipinski definition) is 2. The third-order valence-electron chi connectivity index (χ3n) is 4.55. The lowest BCUT2D eigenvalue weighted by Gasteiger charge is -2.11. The molecule has 0 atom stereocenters. The summed E-state index contributed by atoms with van der Waals surface area (Å²) in [6.45, 7) is 2.20. The lowest BCUT2D eigenvalue weighted by Crippen LogP contribution is -2.41. The van der Waals surface area contributed by atoms with E-state index in [4.69, 9.17) is 5.73 Å². The van der Waals surface area contributed by atoms with Crippen LogP contribution in [0.1, 0.15) is 24.0 Å². The van der Waals surface area contributed by atoms with Gasteiger partial charge in [-0.25, -0.2) is 4.79 Å². The molecule has 2 heterocycles. The number of benzene rings is 1. The van der Waals surface area contributed by atoms with Crippen molar-refractivity contribution in [3.8, 4) is 0 Å². The summed E-state index contributed by atoms with van der Waals surface area (Å²) in [4.78, 5) is 48.7. The van der Waals surface area contributed by atoms with Gasteiger partial charge in [-0.05, 0) is 30.4 Å². The van der Waals surface area contributed by atoms with Crippen LogP contribution in [0.5, 0.6) is 0 Å². The summed E-state index contributed by atoms with van der Waals surface area (Å²) < 4.78 is 2.65. The second-order valence-electron chi connectivity index (χ2n) is 6.79. The van der Waals surface area contributed by atoms with Gasteiger partial charge in [0.1, 0.15) is 11.2 Å². The van der Waals surface area contributed by atoms with Crippen molar-refractivity contribution in [2.45, 2.75) is 39.4 Å². The van der Waals surface area contributed by atoms with E-state index in [9.17, 15) is 19.2 Å². The van der Waals surface area contributed by atoms with E-state index in [-0.39, 0.29) is 25.4 Å². The van der Waals surface area contributed by atoms with E-state index < -0.39 is 17.2 Å². The van der Waals surface area contributed by atoms with Crippen LogP contribution >= 0.6 is 11.3 Å². The van der Waals surface area contributed by atoms with Crippen LogP contribution in [-0.4, -0.2) is 20.9 Å². The molecule has 0 bridgehead atoms. The predicted molar refractivity (Wildman–Crippen MR) is 112 cm³/mol. The second-order valence-corrected chi connectivity index (χ2v) is 7.71. The first-order valence-electron chi connectivity index (χ1n) is 9.18. The van der Waals surface area contributed by atoms with E-state index in [0.29, 0.717) is 23.2 Å². The van der Waals surface area contributed by atoms with Crippen LogP contribution in [0.4, 0.5) is 0 Å². The fourth-order valence-electron chi connectivity index (χ4n) is 3.03. The molecule has 0 saturated heterocycles. The zero-order valence-electron chi connectivity index (χ0n) is 16.0. The molecule has 0 saturated carbocycles. The average Bonchev–Trinajstić information content (AvgIpc) is 3.17. The molecule has 2 amide bonds. The standard InChI is InChI=1S/C20H22N4O4S/c1-13-4-6-14(7-5-13)11-22-17(26)3-2-9-23-19(27)18-15(8-10-29-18)24(20(23)28)12-16(21)25/h4-8,10H,2-3,9,11-12H2,1H3,(H2,21,25)(H,22,26). The molecular weight excluding hydrogens is 392 g/mol. The minimum atomic E-state index is -0.666. The molecule has 3 aromatic rings. The van der Waals surface area contributed by atoms with Gasteiger partial charge < -0.3 is 11.1 Å². The summed E-state index contributed by atoms with van der Waals surface area (Å²) in [7, 11) is 0. The highest BCUT2D eigenvalue weighted by Crippen LogP contribution is 2.15. The van der Waals surface area contributed by atoms with E-state index in [0.717, 1.165) is 15.7 Å². The average molecular weight is 414 g/mol. The highest BCUT2D eigenvalue weighted by Gasteiger charge is 2.15. The highest BCUT2D eigenvalue weighted by atomic mass is 32.1. The van der Waals surface area contributed by atoms with E-state index in [1.165, 1.54) is 15.9 Å². The van der Waals surface area contributed by atoms with Crippen LogP contribution in [0.2, 0.25) is 0 Å². The number of nitrogens with two attached hydrogens (primary N) is 1. The molecule has 0 aliphatic rings. The molecule has 2 aromatic heterocycles. The van der Waals surface area contributed by atoms with Crippen molar-refractivity contribution in [3.05, 3.63) is 67.7 Å². The molecule has 0 spiro atoms. The number of carbonyl (C=O) groups excluding carboxylic acids is 2. The maximum absolute atomic E-state index is 12.7. The van der Waals surface area contributed by atoms with Crippen molar-refractivity contribution in [1.82, 2.24) is 14.5 Å². The molecule has 0 fully saturated rings. The van der Waals surface area contributed by atoms with Gasteiger partial charge in [0.05, 0.1) is 5.52 Å². The number of amides is 2. The van der Waals surface area contributed by atoms with Crippen molar-refractivity contribution in [3.63, 3.8) is 0 Å². The van der Waals surface area contributed by atoms with Gasteiger partial charge in [0.15, 0.2) is 0 Å². The van der Waals surface area contributed by atoms with Crippen molar-refractivity contribution in [1.29, 1.82) is 0 Å². The quantitative estimate of drug-likeness (QED) is 0.574. The fraction of sp³-hybridized carbons (Fsp3) is 0.300. The number of thiophene rings is 1.